The first-order chi connectivity index (χ1) is 10.2. The minimum Gasteiger partial charge on any atom is -0.377 e. The van der Waals surface area contributed by atoms with E-state index in [1.807, 2.05) is 31.2 Å². The molecule has 0 aliphatic heterocycles. The fourth-order valence-corrected chi connectivity index (χ4v) is 2.87. The van der Waals surface area contributed by atoms with Crippen LogP contribution in [0.4, 0.5) is 5.69 Å². The van der Waals surface area contributed by atoms with Gasteiger partial charge in [0.2, 0.25) is 5.91 Å². The molecule has 1 aromatic rings. The van der Waals surface area contributed by atoms with Crippen molar-refractivity contribution in [2.24, 2.45) is 11.7 Å². The van der Waals surface area contributed by atoms with Crippen LogP contribution in [0.3, 0.4) is 0 Å². The molecule has 1 amide bonds. The van der Waals surface area contributed by atoms with Crippen LogP contribution in [-0.4, -0.2) is 18.6 Å². The van der Waals surface area contributed by atoms with E-state index in [0.717, 1.165) is 36.9 Å². The summed E-state index contributed by atoms with van der Waals surface area (Å²) in [7, 11) is 0. The summed E-state index contributed by atoms with van der Waals surface area (Å²) in [5, 5.41) is 3.05. The Kier molecular flexibility index (Phi) is 6.21. The molecule has 2 unspecified atom stereocenters. The van der Waals surface area contributed by atoms with Gasteiger partial charge in [0.25, 0.3) is 0 Å². The molecule has 1 aromatic carbocycles. The number of nitrogens with one attached hydrogen (secondary N) is 1. The van der Waals surface area contributed by atoms with Crippen molar-refractivity contribution in [3.8, 4) is 0 Å². The van der Waals surface area contributed by atoms with Gasteiger partial charge in [-0.15, -0.1) is 0 Å². The lowest BCUT2D eigenvalue weighted by Gasteiger charge is -2.21. The van der Waals surface area contributed by atoms with E-state index in [9.17, 15) is 4.79 Å². The molecule has 0 bridgehead atoms. The number of rotatable bonds is 5. The number of ether oxygens (including phenoxy) is 1. The molecule has 3 N–H and O–H groups in total. The van der Waals surface area contributed by atoms with Gasteiger partial charge in [-0.05, 0) is 25.8 Å². The van der Waals surface area contributed by atoms with Gasteiger partial charge in [0.15, 0.2) is 0 Å². The maximum atomic E-state index is 12.5. The first kappa shape index (κ1) is 16.0. The molecular formula is C17H26N2O2. The molecule has 2 rings (SSSR count). The summed E-state index contributed by atoms with van der Waals surface area (Å²) in [6.45, 7) is 3.14. The number of carbonyl (C=O) groups excluding carboxylic acids is 1. The van der Waals surface area contributed by atoms with Crippen molar-refractivity contribution >= 4 is 11.6 Å². The highest BCUT2D eigenvalue weighted by Gasteiger charge is 2.27. The summed E-state index contributed by atoms with van der Waals surface area (Å²) in [5.41, 5.74) is 8.02. The van der Waals surface area contributed by atoms with Crippen molar-refractivity contribution in [2.75, 3.05) is 11.9 Å². The number of carbonyl (C=O) groups is 1. The predicted molar refractivity (Wildman–Crippen MR) is 85.0 cm³/mol. The van der Waals surface area contributed by atoms with Crippen LogP contribution in [0.5, 0.6) is 0 Å². The zero-order chi connectivity index (χ0) is 15.1. The Bertz CT molecular complexity index is 462. The van der Waals surface area contributed by atoms with Gasteiger partial charge in [-0.3, -0.25) is 4.79 Å². The fourth-order valence-electron chi connectivity index (χ4n) is 2.87. The van der Waals surface area contributed by atoms with Crippen LogP contribution < -0.4 is 11.1 Å². The summed E-state index contributed by atoms with van der Waals surface area (Å²) >= 11 is 0. The van der Waals surface area contributed by atoms with Crippen molar-refractivity contribution in [3.05, 3.63) is 29.8 Å². The number of anilines is 1. The van der Waals surface area contributed by atoms with Crippen molar-refractivity contribution in [1.29, 1.82) is 0 Å². The molecule has 0 spiro atoms. The Morgan fingerprint density at radius 2 is 2.05 bits per heavy atom. The molecule has 0 radical (unpaired) electrons. The number of benzene rings is 1. The smallest absolute Gasteiger partial charge is 0.229 e. The normalized spacial score (nSPS) is 22.6. The molecule has 2 atom stereocenters. The zero-order valence-electron chi connectivity index (χ0n) is 12.8. The average molecular weight is 290 g/mol. The van der Waals surface area contributed by atoms with E-state index < -0.39 is 0 Å². The number of hydrogen-bond acceptors (Lipinski definition) is 3. The molecule has 0 saturated heterocycles. The summed E-state index contributed by atoms with van der Waals surface area (Å²) < 4.78 is 5.45. The Morgan fingerprint density at radius 1 is 1.29 bits per heavy atom. The van der Waals surface area contributed by atoms with Crippen LogP contribution in [0.1, 0.15) is 44.6 Å². The monoisotopic (exact) mass is 290 g/mol. The van der Waals surface area contributed by atoms with Gasteiger partial charge in [0, 0.05) is 23.9 Å². The topological polar surface area (TPSA) is 64.3 Å². The molecule has 1 aliphatic rings. The van der Waals surface area contributed by atoms with Crippen LogP contribution in [0.15, 0.2) is 24.3 Å². The lowest BCUT2D eigenvalue weighted by atomic mass is 9.94. The van der Waals surface area contributed by atoms with E-state index >= 15 is 0 Å². The average Bonchev–Trinajstić information content (AvgIpc) is 2.71. The van der Waals surface area contributed by atoms with Crippen LogP contribution in [0.2, 0.25) is 0 Å². The summed E-state index contributed by atoms with van der Waals surface area (Å²) in [6, 6.07) is 7.78. The molecule has 21 heavy (non-hydrogen) atoms. The minimum atomic E-state index is -0.0763. The standard InChI is InChI=1S/C17H26N2O2/c1-2-21-12-13-8-6-7-11-16(13)19-17(20)14-9-4-3-5-10-15(14)18/h6-8,11,14-15H,2-5,9-10,12,18H2,1H3,(H,19,20). The molecule has 4 heteroatoms. The summed E-state index contributed by atoms with van der Waals surface area (Å²) in [6.07, 6.45) is 5.23. The highest BCUT2D eigenvalue weighted by molar-refractivity contribution is 5.93. The van der Waals surface area contributed by atoms with Gasteiger partial charge in [0.05, 0.1) is 12.5 Å². The van der Waals surface area contributed by atoms with Crippen molar-refractivity contribution in [3.63, 3.8) is 0 Å². The van der Waals surface area contributed by atoms with Crippen molar-refractivity contribution < 1.29 is 9.53 Å². The third-order valence-electron chi connectivity index (χ3n) is 4.14. The maximum Gasteiger partial charge on any atom is 0.229 e. The first-order valence-corrected chi connectivity index (χ1v) is 7.94. The Morgan fingerprint density at radius 3 is 2.86 bits per heavy atom. The third-order valence-corrected chi connectivity index (χ3v) is 4.14. The van der Waals surface area contributed by atoms with Gasteiger partial charge in [0.1, 0.15) is 0 Å². The zero-order valence-corrected chi connectivity index (χ0v) is 12.8. The minimum absolute atomic E-state index is 0.0217. The van der Waals surface area contributed by atoms with E-state index in [0.29, 0.717) is 13.2 Å². The summed E-state index contributed by atoms with van der Waals surface area (Å²) in [5.74, 6) is -0.0269. The second kappa shape index (κ2) is 8.15. The number of hydrogen-bond donors (Lipinski definition) is 2. The molecule has 1 fully saturated rings. The SMILES string of the molecule is CCOCc1ccccc1NC(=O)C1CCCCCC1N. The van der Waals surface area contributed by atoms with Gasteiger partial charge in [-0.2, -0.15) is 0 Å². The van der Waals surface area contributed by atoms with Crippen molar-refractivity contribution in [2.45, 2.75) is 51.7 Å². The quantitative estimate of drug-likeness (QED) is 0.819. The van der Waals surface area contributed by atoms with Crippen LogP contribution >= 0.6 is 0 Å². The number of nitrogens with two attached hydrogens (primary N) is 1. The lowest BCUT2D eigenvalue weighted by Crippen LogP contribution is -2.38. The van der Waals surface area contributed by atoms with E-state index in [1.54, 1.807) is 0 Å². The van der Waals surface area contributed by atoms with E-state index in [-0.39, 0.29) is 17.9 Å². The molecule has 0 heterocycles. The second-order valence-electron chi connectivity index (χ2n) is 5.69. The lowest BCUT2D eigenvalue weighted by molar-refractivity contribution is -0.120. The third kappa shape index (κ3) is 4.55. The Balaban J connectivity index is 2.04. The number of para-hydroxylation sites is 1. The van der Waals surface area contributed by atoms with Gasteiger partial charge < -0.3 is 15.8 Å². The van der Waals surface area contributed by atoms with Crippen molar-refractivity contribution in [1.82, 2.24) is 0 Å². The Hall–Kier alpha value is -1.39. The maximum absolute atomic E-state index is 12.5. The summed E-state index contributed by atoms with van der Waals surface area (Å²) in [4.78, 5) is 12.5. The van der Waals surface area contributed by atoms with Gasteiger partial charge >= 0.3 is 0 Å². The molecule has 1 saturated carbocycles. The second-order valence-corrected chi connectivity index (χ2v) is 5.69. The van der Waals surface area contributed by atoms with Gasteiger partial charge in [-0.25, -0.2) is 0 Å². The molecule has 116 valence electrons. The molecular weight excluding hydrogens is 264 g/mol. The van der Waals surface area contributed by atoms with E-state index in [2.05, 4.69) is 5.32 Å². The highest BCUT2D eigenvalue weighted by atomic mass is 16.5. The number of amides is 1. The van der Waals surface area contributed by atoms with Crippen LogP contribution in [0, 0.1) is 5.92 Å². The van der Waals surface area contributed by atoms with E-state index in [4.69, 9.17) is 10.5 Å². The fraction of sp³-hybridized carbons (Fsp3) is 0.588. The largest absolute Gasteiger partial charge is 0.377 e. The van der Waals surface area contributed by atoms with E-state index in [1.165, 1.54) is 6.42 Å². The molecule has 4 nitrogen and oxygen atoms in total. The first-order valence-electron chi connectivity index (χ1n) is 7.94. The van der Waals surface area contributed by atoms with Gasteiger partial charge in [-0.1, -0.05) is 37.5 Å². The predicted octanol–water partition coefficient (Wildman–Crippen LogP) is 3.07. The molecule has 0 aromatic heterocycles. The van der Waals surface area contributed by atoms with Crippen LogP contribution in [0.25, 0.3) is 0 Å². The Labute approximate surface area is 127 Å². The molecule has 1 aliphatic carbocycles. The van der Waals surface area contributed by atoms with Crippen LogP contribution in [-0.2, 0) is 16.1 Å². The highest BCUT2D eigenvalue weighted by Crippen LogP contribution is 2.24.